The minimum absolute atomic E-state index is 0.00120. The summed E-state index contributed by atoms with van der Waals surface area (Å²) < 4.78 is 54.8. The SMILES string of the molecule is CCSC(C)CC(O[C@H]1CNCC[C@@H]1c1ccc(OC)cc1)(c1ccc2c(c1)N(CCCOC)CCO2)S(=O)(=O)c1ccc(C)cc1. The van der Waals surface area contributed by atoms with Gasteiger partial charge in [0.2, 0.25) is 9.84 Å². The number of rotatable bonds is 15. The molecule has 4 atom stereocenters. The zero-order valence-electron chi connectivity index (χ0n) is 28.4. The Morgan fingerprint density at radius 3 is 2.55 bits per heavy atom. The molecule has 0 saturated carbocycles. The van der Waals surface area contributed by atoms with Crippen LogP contribution in [0.2, 0.25) is 0 Å². The maximum Gasteiger partial charge on any atom is 0.212 e. The van der Waals surface area contributed by atoms with Crippen LogP contribution >= 0.6 is 11.8 Å². The van der Waals surface area contributed by atoms with Crippen LogP contribution in [-0.4, -0.2) is 79.1 Å². The summed E-state index contributed by atoms with van der Waals surface area (Å²) in [6.07, 6.45) is 1.56. The lowest BCUT2D eigenvalue weighted by Crippen LogP contribution is -2.50. The summed E-state index contributed by atoms with van der Waals surface area (Å²) in [4.78, 5) is 0.868. The van der Waals surface area contributed by atoms with Crippen LogP contribution in [-0.2, 0) is 24.2 Å². The fourth-order valence-electron chi connectivity index (χ4n) is 6.76. The van der Waals surface area contributed by atoms with Gasteiger partial charge in [0.25, 0.3) is 0 Å². The minimum Gasteiger partial charge on any atom is -0.497 e. The third-order valence-corrected chi connectivity index (χ3v) is 12.5. The molecule has 0 aromatic heterocycles. The zero-order valence-corrected chi connectivity index (χ0v) is 30.0. The average molecular weight is 683 g/mol. The second-order valence-electron chi connectivity index (χ2n) is 12.4. The van der Waals surface area contributed by atoms with E-state index in [4.69, 9.17) is 18.9 Å². The number of ether oxygens (including phenoxy) is 4. The molecule has 0 bridgehead atoms. The molecule has 2 aliphatic heterocycles. The molecular formula is C37H50N2O6S2. The number of hydrogen-bond acceptors (Lipinski definition) is 9. The van der Waals surface area contributed by atoms with Gasteiger partial charge in [0.15, 0.2) is 4.93 Å². The monoisotopic (exact) mass is 682 g/mol. The number of hydrogen-bond donors (Lipinski definition) is 1. The standard InChI is InChI=1S/C37H50N2O6S2/c1-6-46-28(3)25-37(47(40,41)32-15-8-27(2)9-16-32,30-12-17-35-34(24-30)39(21-23-44-35)20-7-22-42-4)45-36-26-38-19-18-33(36)29-10-13-31(43-5)14-11-29/h8-17,24,28,33,36,38H,6-7,18-23,25-26H2,1-5H3/t28?,33-,36+,37?/m1/s1. The molecule has 1 fully saturated rings. The zero-order chi connectivity index (χ0) is 33.4. The first kappa shape index (κ1) is 35.5. The Morgan fingerprint density at radius 1 is 1.09 bits per heavy atom. The van der Waals surface area contributed by atoms with Gasteiger partial charge in [-0.3, -0.25) is 0 Å². The maximum absolute atomic E-state index is 15.3. The van der Waals surface area contributed by atoms with Gasteiger partial charge in [-0.2, -0.15) is 11.8 Å². The molecule has 47 heavy (non-hydrogen) atoms. The fraction of sp³-hybridized carbons (Fsp3) is 0.514. The number of methoxy groups -OCH3 is 2. The molecule has 0 amide bonds. The van der Waals surface area contributed by atoms with Crippen molar-refractivity contribution in [3.8, 4) is 11.5 Å². The first-order valence-corrected chi connectivity index (χ1v) is 19.2. The second-order valence-corrected chi connectivity index (χ2v) is 16.3. The van der Waals surface area contributed by atoms with E-state index in [9.17, 15) is 0 Å². The lowest BCUT2D eigenvalue weighted by atomic mass is 9.87. The van der Waals surface area contributed by atoms with Crippen molar-refractivity contribution in [2.45, 2.75) is 67.1 Å². The van der Waals surface area contributed by atoms with E-state index in [2.05, 4.69) is 36.2 Å². The van der Waals surface area contributed by atoms with Gasteiger partial charge in [0.05, 0.1) is 30.3 Å². The molecule has 2 unspecified atom stereocenters. The smallest absolute Gasteiger partial charge is 0.212 e. The third kappa shape index (κ3) is 7.94. The van der Waals surface area contributed by atoms with E-state index in [-0.39, 0.29) is 22.5 Å². The second kappa shape index (κ2) is 16.1. The van der Waals surface area contributed by atoms with Gasteiger partial charge in [-0.1, -0.05) is 49.7 Å². The largest absolute Gasteiger partial charge is 0.497 e. The number of thioether (sulfide) groups is 1. The summed E-state index contributed by atoms with van der Waals surface area (Å²) in [5.41, 5.74) is 3.63. The van der Waals surface area contributed by atoms with Crippen molar-refractivity contribution in [2.24, 2.45) is 0 Å². The van der Waals surface area contributed by atoms with E-state index in [0.717, 1.165) is 60.0 Å². The summed E-state index contributed by atoms with van der Waals surface area (Å²) >= 11 is 1.75. The molecule has 10 heteroatoms. The summed E-state index contributed by atoms with van der Waals surface area (Å²) in [5, 5.41) is 3.51. The van der Waals surface area contributed by atoms with Crippen LogP contribution in [0.3, 0.4) is 0 Å². The molecule has 2 aliphatic rings. The van der Waals surface area contributed by atoms with Gasteiger partial charge >= 0.3 is 0 Å². The number of benzene rings is 3. The molecule has 3 aromatic rings. The van der Waals surface area contributed by atoms with E-state index < -0.39 is 20.9 Å². The van der Waals surface area contributed by atoms with Crippen LogP contribution in [0.5, 0.6) is 11.5 Å². The lowest BCUT2D eigenvalue weighted by Gasteiger charge is -2.43. The predicted octanol–water partition coefficient (Wildman–Crippen LogP) is 6.56. The fourth-order valence-corrected chi connectivity index (χ4v) is 9.82. The average Bonchev–Trinajstić information content (AvgIpc) is 3.08. The Labute approximate surface area is 285 Å². The Kier molecular flexibility index (Phi) is 12.2. The normalized spacial score (nSPS) is 20.1. The Balaban J connectivity index is 1.68. The minimum atomic E-state index is -4.09. The van der Waals surface area contributed by atoms with E-state index in [0.29, 0.717) is 31.9 Å². The lowest BCUT2D eigenvalue weighted by molar-refractivity contribution is -0.0676. The van der Waals surface area contributed by atoms with E-state index in [1.165, 1.54) is 0 Å². The summed E-state index contributed by atoms with van der Waals surface area (Å²) in [7, 11) is -0.719. The summed E-state index contributed by atoms with van der Waals surface area (Å²) in [5.74, 6) is 2.40. The van der Waals surface area contributed by atoms with Crippen molar-refractivity contribution in [2.75, 3.05) is 64.3 Å². The molecule has 1 saturated heterocycles. The van der Waals surface area contributed by atoms with Gasteiger partial charge in [-0.25, -0.2) is 8.42 Å². The van der Waals surface area contributed by atoms with Crippen molar-refractivity contribution < 1.29 is 27.4 Å². The van der Waals surface area contributed by atoms with Crippen molar-refractivity contribution in [3.05, 3.63) is 83.4 Å². The molecule has 0 aliphatic carbocycles. The van der Waals surface area contributed by atoms with Gasteiger partial charge in [0.1, 0.15) is 18.1 Å². The molecule has 2 heterocycles. The van der Waals surface area contributed by atoms with Gasteiger partial charge in [-0.15, -0.1) is 0 Å². The van der Waals surface area contributed by atoms with E-state index in [1.54, 1.807) is 38.1 Å². The van der Waals surface area contributed by atoms with Gasteiger partial charge < -0.3 is 29.2 Å². The highest BCUT2D eigenvalue weighted by atomic mass is 32.2. The van der Waals surface area contributed by atoms with Crippen molar-refractivity contribution in [3.63, 3.8) is 0 Å². The van der Waals surface area contributed by atoms with Crippen molar-refractivity contribution in [1.82, 2.24) is 5.32 Å². The summed E-state index contributed by atoms with van der Waals surface area (Å²) in [6, 6.07) is 21.1. The quantitative estimate of drug-likeness (QED) is 0.179. The topological polar surface area (TPSA) is 86.3 Å². The number of aryl methyl sites for hydroxylation is 1. The molecule has 0 spiro atoms. The van der Waals surface area contributed by atoms with Crippen LogP contribution in [0.1, 0.15) is 55.7 Å². The molecule has 5 rings (SSSR count). The predicted molar refractivity (Wildman–Crippen MR) is 191 cm³/mol. The molecule has 1 N–H and O–H groups in total. The molecule has 0 radical (unpaired) electrons. The van der Waals surface area contributed by atoms with Crippen LogP contribution in [0.15, 0.2) is 71.6 Å². The highest BCUT2D eigenvalue weighted by molar-refractivity contribution is 7.99. The third-order valence-electron chi connectivity index (χ3n) is 9.22. The van der Waals surface area contributed by atoms with Crippen molar-refractivity contribution in [1.29, 1.82) is 0 Å². The maximum atomic E-state index is 15.3. The summed E-state index contributed by atoms with van der Waals surface area (Å²) in [6.45, 7) is 10.3. The van der Waals surface area contributed by atoms with E-state index >= 15 is 8.42 Å². The van der Waals surface area contributed by atoms with Crippen LogP contribution in [0.4, 0.5) is 5.69 Å². The van der Waals surface area contributed by atoms with Crippen LogP contribution < -0.4 is 19.7 Å². The number of fused-ring (bicyclic) bond motifs is 1. The van der Waals surface area contributed by atoms with Crippen LogP contribution in [0, 0.1) is 6.92 Å². The van der Waals surface area contributed by atoms with Gasteiger partial charge in [-0.05, 0) is 74.0 Å². The van der Waals surface area contributed by atoms with E-state index in [1.807, 2.05) is 49.4 Å². The molecule has 8 nitrogen and oxygen atoms in total. The molecular weight excluding hydrogens is 633 g/mol. The van der Waals surface area contributed by atoms with Crippen LogP contribution in [0.25, 0.3) is 0 Å². The number of nitrogens with one attached hydrogen (secondary N) is 1. The number of nitrogens with zero attached hydrogens (tertiary/aromatic N) is 1. The molecule has 3 aromatic carbocycles. The Bertz CT molecular complexity index is 1550. The van der Waals surface area contributed by atoms with Gasteiger partial charge in [0, 0.05) is 50.0 Å². The number of sulfone groups is 1. The molecule has 256 valence electrons. The Morgan fingerprint density at radius 2 is 1.85 bits per heavy atom. The van der Waals surface area contributed by atoms with Crippen molar-refractivity contribution >= 4 is 27.3 Å². The first-order chi connectivity index (χ1) is 22.7. The highest BCUT2D eigenvalue weighted by Gasteiger charge is 2.51. The first-order valence-electron chi connectivity index (χ1n) is 16.7. The highest BCUT2D eigenvalue weighted by Crippen LogP contribution is 2.48. The number of piperidine rings is 1. The number of anilines is 1. The Hall–Kier alpha value is -2.76.